The number of anilines is 1. The fraction of sp³-hybridized carbons (Fsp3) is 0.115. The van der Waals surface area contributed by atoms with E-state index in [0.29, 0.717) is 11.3 Å². The number of halogens is 1. The first-order valence-electron chi connectivity index (χ1n) is 10.4. The van der Waals surface area contributed by atoms with Gasteiger partial charge < -0.3 is 5.32 Å². The molecule has 0 spiro atoms. The smallest absolute Gasteiger partial charge is 0.242 e. The summed E-state index contributed by atoms with van der Waals surface area (Å²) in [5.41, 5.74) is 1.75. The molecule has 4 rings (SSSR count). The number of fused-ring (bicyclic) bond motifs is 1. The Morgan fingerprint density at radius 1 is 0.879 bits per heavy atom. The van der Waals surface area contributed by atoms with Gasteiger partial charge in [-0.1, -0.05) is 66.7 Å². The first-order valence-corrected chi connectivity index (χ1v) is 11.9. The third-order valence-electron chi connectivity index (χ3n) is 5.39. The van der Waals surface area contributed by atoms with E-state index in [0.717, 1.165) is 16.3 Å². The minimum absolute atomic E-state index is 0.0639. The average molecular weight is 463 g/mol. The van der Waals surface area contributed by atoms with Crippen molar-refractivity contribution >= 4 is 32.4 Å². The predicted molar refractivity (Wildman–Crippen MR) is 128 cm³/mol. The second kappa shape index (κ2) is 9.52. The molecule has 0 aliphatic heterocycles. The van der Waals surface area contributed by atoms with Crippen molar-refractivity contribution in [2.45, 2.75) is 24.3 Å². The first-order chi connectivity index (χ1) is 15.8. The lowest BCUT2D eigenvalue weighted by Gasteiger charge is -2.20. The van der Waals surface area contributed by atoms with Crippen LogP contribution in [-0.4, -0.2) is 20.4 Å². The highest BCUT2D eigenvalue weighted by atomic mass is 32.2. The molecule has 1 atom stereocenters. The molecule has 33 heavy (non-hydrogen) atoms. The first kappa shape index (κ1) is 22.6. The third-order valence-corrected chi connectivity index (χ3v) is 6.85. The third kappa shape index (κ3) is 5.45. The van der Waals surface area contributed by atoms with Gasteiger partial charge in [-0.25, -0.2) is 12.8 Å². The molecule has 4 aromatic carbocycles. The van der Waals surface area contributed by atoms with Gasteiger partial charge in [0.2, 0.25) is 15.9 Å². The SMILES string of the molecule is Cc1ccc(F)cc1NC(=O)[C@H](Cc1ccccc1)NS(=O)(=O)c1ccc2ccccc2c1. The number of carbonyl (C=O) groups is 1. The molecule has 4 aromatic rings. The molecule has 168 valence electrons. The molecule has 0 saturated carbocycles. The van der Waals surface area contributed by atoms with Crippen molar-refractivity contribution < 1.29 is 17.6 Å². The molecule has 0 unspecified atom stereocenters. The van der Waals surface area contributed by atoms with Crippen LogP contribution < -0.4 is 10.0 Å². The number of rotatable bonds is 7. The standard InChI is InChI=1S/C26H23FN2O3S/c1-18-11-13-22(27)17-24(18)28-26(30)25(15-19-7-3-2-4-8-19)29-33(31,32)23-14-12-20-9-5-6-10-21(20)16-23/h2-14,16-17,25,29H,15H2,1H3,(H,28,30)/t25-/m0/s1. The van der Waals surface area contributed by atoms with E-state index in [2.05, 4.69) is 10.0 Å². The number of carbonyl (C=O) groups excluding carboxylic acids is 1. The molecule has 5 nitrogen and oxygen atoms in total. The van der Waals surface area contributed by atoms with Crippen molar-refractivity contribution in [2.24, 2.45) is 0 Å². The van der Waals surface area contributed by atoms with E-state index in [9.17, 15) is 17.6 Å². The lowest BCUT2D eigenvalue weighted by atomic mass is 10.1. The van der Waals surface area contributed by atoms with Crippen LogP contribution in [0.25, 0.3) is 10.8 Å². The molecule has 0 radical (unpaired) electrons. The van der Waals surface area contributed by atoms with E-state index in [1.807, 2.05) is 54.6 Å². The summed E-state index contributed by atoms with van der Waals surface area (Å²) in [4.78, 5) is 13.2. The van der Waals surface area contributed by atoms with Crippen LogP contribution >= 0.6 is 0 Å². The van der Waals surface area contributed by atoms with Crippen molar-refractivity contribution in [1.29, 1.82) is 0 Å². The van der Waals surface area contributed by atoms with Crippen LogP contribution in [-0.2, 0) is 21.2 Å². The maximum Gasteiger partial charge on any atom is 0.242 e. The van der Waals surface area contributed by atoms with Crippen LogP contribution in [0.2, 0.25) is 0 Å². The highest BCUT2D eigenvalue weighted by molar-refractivity contribution is 7.89. The van der Waals surface area contributed by atoms with E-state index < -0.39 is 27.8 Å². The maximum absolute atomic E-state index is 13.7. The van der Waals surface area contributed by atoms with Crippen molar-refractivity contribution in [3.05, 3.63) is 108 Å². The Kier molecular flexibility index (Phi) is 6.53. The molecule has 0 fully saturated rings. The molecule has 0 aromatic heterocycles. The van der Waals surface area contributed by atoms with Gasteiger partial charge in [-0.2, -0.15) is 4.72 Å². The van der Waals surface area contributed by atoms with Gasteiger partial charge in [-0.3, -0.25) is 4.79 Å². The molecule has 1 amide bonds. The minimum atomic E-state index is -4.01. The van der Waals surface area contributed by atoms with Crippen molar-refractivity contribution in [3.8, 4) is 0 Å². The summed E-state index contributed by atoms with van der Waals surface area (Å²) in [6, 6.07) is 24.3. The maximum atomic E-state index is 13.7. The van der Waals surface area contributed by atoms with Crippen molar-refractivity contribution in [2.75, 3.05) is 5.32 Å². The summed E-state index contributed by atoms with van der Waals surface area (Å²) in [6.45, 7) is 1.74. The zero-order valence-electron chi connectivity index (χ0n) is 18.0. The molecular weight excluding hydrogens is 439 g/mol. The van der Waals surface area contributed by atoms with Crippen LogP contribution in [0.3, 0.4) is 0 Å². The number of nitrogens with one attached hydrogen (secondary N) is 2. The van der Waals surface area contributed by atoms with Crippen LogP contribution in [0.5, 0.6) is 0 Å². The normalized spacial score (nSPS) is 12.4. The van der Waals surface area contributed by atoms with Gasteiger partial charge in [-0.15, -0.1) is 0 Å². The Morgan fingerprint density at radius 3 is 2.33 bits per heavy atom. The summed E-state index contributed by atoms with van der Waals surface area (Å²) < 4.78 is 42.7. The second-order valence-corrected chi connectivity index (χ2v) is 9.54. The van der Waals surface area contributed by atoms with Gasteiger partial charge in [0.25, 0.3) is 0 Å². The van der Waals surface area contributed by atoms with Gasteiger partial charge in [0.15, 0.2) is 0 Å². The number of amides is 1. The Labute approximate surface area is 192 Å². The summed E-state index contributed by atoms with van der Waals surface area (Å²) in [6.07, 6.45) is 0.133. The van der Waals surface area contributed by atoms with Crippen LogP contribution in [0.1, 0.15) is 11.1 Å². The van der Waals surface area contributed by atoms with Crippen molar-refractivity contribution in [3.63, 3.8) is 0 Å². The predicted octanol–water partition coefficient (Wildman–Crippen LogP) is 4.82. The fourth-order valence-corrected chi connectivity index (χ4v) is 4.81. The molecule has 0 bridgehead atoms. The summed E-state index contributed by atoms with van der Waals surface area (Å²) in [5.74, 6) is -1.07. The van der Waals surface area contributed by atoms with Crippen LogP contribution in [0, 0.1) is 12.7 Å². The van der Waals surface area contributed by atoms with Crippen LogP contribution in [0.15, 0.2) is 95.9 Å². The van der Waals surface area contributed by atoms with E-state index in [1.54, 1.807) is 25.1 Å². The number of hydrogen-bond acceptors (Lipinski definition) is 3. The van der Waals surface area contributed by atoms with Gasteiger partial charge in [-0.05, 0) is 59.5 Å². The fourth-order valence-electron chi connectivity index (χ4n) is 3.58. The Bertz CT molecular complexity index is 1410. The number of sulfonamides is 1. The van der Waals surface area contributed by atoms with E-state index >= 15 is 0 Å². The minimum Gasteiger partial charge on any atom is -0.324 e. The second-order valence-electron chi connectivity index (χ2n) is 7.82. The Hall–Kier alpha value is -3.55. The Morgan fingerprint density at radius 2 is 1.58 bits per heavy atom. The lowest BCUT2D eigenvalue weighted by molar-refractivity contribution is -0.117. The number of aryl methyl sites for hydroxylation is 1. The van der Waals surface area contributed by atoms with Crippen LogP contribution in [0.4, 0.5) is 10.1 Å². The largest absolute Gasteiger partial charge is 0.324 e. The van der Waals surface area contributed by atoms with Gasteiger partial charge in [0, 0.05) is 5.69 Å². The molecule has 0 aliphatic carbocycles. The van der Waals surface area contributed by atoms with E-state index in [-0.39, 0.29) is 11.3 Å². The molecule has 0 saturated heterocycles. The molecule has 0 heterocycles. The quantitative estimate of drug-likeness (QED) is 0.414. The topological polar surface area (TPSA) is 75.3 Å². The zero-order chi connectivity index (χ0) is 23.4. The van der Waals surface area contributed by atoms with Gasteiger partial charge in [0.05, 0.1) is 4.90 Å². The molecule has 0 aliphatic rings. The summed E-state index contributed by atoms with van der Waals surface area (Å²) >= 11 is 0. The Balaban J connectivity index is 1.64. The molecule has 2 N–H and O–H groups in total. The summed E-state index contributed by atoms with van der Waals surface area (Å²) in [7, 11) is -4.01. The van der Waals surface area contributed by atoms with Gasteiger partial charge in [0.1, 0.15) is 11.9 Å². The zero-order valence-corrected chi connectivity index (χ0v) is 18.8. The van der Waals surface area contributed by atoms with Gasteiger partial charge >= 0.3 is 0 Å². The number of benzene rings is 4. The monoisotopic (exact) mass is 462 g/mol. The summed E-state index contributed by atoms with van der Waals surface area (Å²) in [5, 5.41) is 4.36. The molecule has 7 heteroatoms. The highest BCUT2D eigenvalue weighted by Gasteiger charge is 2.27. The number of hydrogen-bond donors (Lipinski definition) is 2. The lowest BCUT2D eigenvalue weighted by Crippen LogP contribution is -2.45. The average Bonchev–Trinajstić information content (AvgIpc) is 2.81. The highest BCUT2D eigenvalue weighted by Crippen LogP contribution is 2.21. The van der Waals surface area contributed by atoms with E-state index in [1.165, 1.54) is 18.2 Å². The van der Waals surface area contributed by atoms with E-state index in [4.69, 9.17) is 0 Å². The van der Waals surface area contributed by atoms with Crippen molar-refractivity contribution in [1.82, 2.24) is 4.72 Å². The molecular formula is C26H23FN2O3S.